The Morgan fingerprint density at radius 2 is 2.00 bits per heavy atom. The van der Waals surface area contributed by atoms with Gasteiger partial charge in [-0.15, -0.1) is 0 Å². The molecule has 0 bridgehead atoms. The highest BCUT2D eigenvalue weighted by atomic mass is 16.4. The number of ketones is 1. The van der Waals surface area contributed by atoms with Crippen molar-refractivity contribution in [3.63, 3.8) is 0 Å². The fourth-order valence-electron chi connectivity index (χ4n) is 2.07. The molecule has 1 aromatic rings. The zero-order chi connectivity index (χ0) is 15.1. The molecule has 0 amide bonds. The van der Waals surface area contributed by atoms with Crippen molar-refractivity contribution in [2.45, 2.75) is 32.7 Å². The van der Waals surface area contributed by atoms with E-state index < -0.39 is 12.0 Å². The number of aliphatic hydroxyl groups excluding tert-OH is 1. The van der Waals surface area contributed by atoms with E-state index in [1.807, 2.05) is 26.0 Å². The lowest BCUT2D eigenvalue weighted by Gasteiger charge is -2.17. The van der Waals surface area contributed by atoms with Gasteiger partial charge in [0, 0.05) is 12.2 Å². The zero-order valence-corrected chi connectivity index (χ0v) is 11.8. The summed E-state index contributed by atoms with van der Waals surface area (Å²) in [7, 11) is 0. The van der Waals surface area contributed by atoms with Crippen molar-refractivity contribution in [1.29, 1.82) is 0 Å². The van der Waals surface area contributed by atoms with Gasteiger partial charge in [0.25, 0.3) is 0 Å². The van der Waals surface area contributed by atoms with E-state index in [2.05, 4.69) is 5.32 Å². The molecule has 0 radical (unpaired) electrons. The van der Waals surface area contributed by atoms with E-state index in [9.17, 15) is 9.59 Å². The molecule has 0 aliphatic carbocycles. The summed E-state index contributed by atoms with van der Waals surface area (Å²) in [6, 6.07) is 4.71. The summed E-state index contributed by atoms with van der Waals surface area (Å²) in [5, 5.41) is 20.6. The molecule has 1 atom stereocenters. The van der Waals surface area contributed by atoms with E-state index in [0.29, 0.717) is 18.5 Å². The van der Waals surface area contributed by atoms with Crippen molar-refractivity contribution in [1.82, 2.24) is 5.32 Å². The molecule has 0 aliphatic rings. The fourth-order valence-corrected chi connectivity index (χ4v) is 2.07. The maximum atomic E-state index is 12.4. The van der Waals surface area contributed by atoms with Crippen molar-refractivity contribution < 1.29 is 19.8 Å². The number of benzene rings is 1. The summed E-state index contributed by atoms with van der Waals surface area (Å²) in [6.07, 6.45) is 0.216. The van der Waals surface area contributed by atoms with Gasteiger partial charge < -0.3 is 15.5 Å². The predicted octanol–water partition coefficient (Wildman–Crippen LogP) is 1.30. The number of hydrogen-bond acceptors (Lipinski definition) is 4. The molecule has 3 N–H and O–H groups in total. The van der Waals surface area contributed by atoms with Crippen LogP contribution in [0, 0.1) is 13.8 Å². The monoisotopic (exact) mass is 279 g/mol. The van der Waals surface area contributed by atoms with Gasteiger partial charge >= 0.3 is 5.97 Å². The summed E-state index contributed by atoms with van der Waals surface area (Å²) in [5.74, 6) is -1.24. The molecule has 0 aromatic heterocycles. The van der Waals surface area contributed by atoms with E-state index in [1.165, 1.54) is 0 Å². The van der Waals surface area contributed by atoms with Gasteiger partial charge in [0.1, 0.15) is 0 Å². The summed E-state index contributed by atoms with van der Waals surface area (Å²) >= 11 is 0. The Balaban J connectivity index is 2.87. The Morgan fingerprint density at radius 3 is 2.55 bits per heavy atom. The molecule has 0 saturated heterocycles. The Labute approximate surface area is 118 Å². The summed E-state index contributed by atoms with van der Waals surface area (Å²) in [5.41, 5.74) is 2.44. The second kappa shape index (κ2) is 7.77. The molecule has 0 spiro atoms. The minimum atomic E-state index is -1.02. The molecule has 0 fully saturated rings. The largest absolute Gasteiger partial charge is 0.481 e. The zero-order valence-electron chi connectivity index (χ0n) is 11.8. The highest BCUT2D eigenvalue weighted by molar-refractivity contribution is 6.02. The number of aliphatic hydroxyl groups is 1. The highest BCUT2D eigenvalue weighted by Gasteiger charge is 2.23. The van der Waals surface area contributed by atoms with E-state index in [1.54, 1.807) is 6.07 Å². The van der Waals surface area contributed by atoms with Gasteiger partial charge in [0.15, 0.2) is 5.78 Å². The molecule has 0 saturated carbocycles. The number of carbonyl (C=O) groups excluding carboxylic acids is 1. The number of carboxylic acids is 1. The van der Waals surface area contributed by atoms with Crippen molar-refractivity contribution >= 4 is 11.8 Å². The van der Waals surface area contributed by atoms with Crippen LogP contribution in [0.4, 0.5) is 0 Å². The van der Waals surface area contributed by atoms with Crippen LogP contribution in [0.3, 0.4) is 0 Å². The molecule has 0 heterocycles. The maximum absolute atomic E-state index is 12.4. The van der Waals surface area contributed by atoms with Gasteiger partial charge in [-0.05, 0) is 32.4 Å². The third kappa shape index (κ3) is 4.75. The molecular weight excluding hydrogens is 258 g/mol. The smallest absolute Gasteiger partial charge is 0.305 e. The Bertz CT molecular complexity index is 485. The molecule has 0 aliphatic heterocycles. The number of carbonyl (C=O) groups is 2. The standard InChI is InChI=1S/C15H21NO4/c1-10-4-5-12(11(2)8-10)15(20)13(9-14(18)19)16-6-3-7-17/h4-5,8,13,16-17H,3,6-7,9H2,1-2H3,(H,18,19). The van der Waals surface area contributed by atoms with Crippen LogP contribution < -0.4 is 5.32 Å². The normalized spacial score (nSPS) is 12.2. The van der Waals surface area contributed by atoms with Crippen LogP contribution in [0.25, 0.3) is 0 Å². The number of carboxylic acid groups (broad SMARTS) is 1. The average Bonchev–Trinajstić information content (AvgIpc) is 2.36. The van der Waals surface area contributed by atoms with Gasteiger partial charge in [-0.3, -0.25) is 9.59 Å². The van der Waals surface area contributed by atoms with Crippen LogP contribution in [-0.2, 0) is 4.79 Å². The van der Waals surface area contributed by atoms with Crippen molar-refractivity contribution in [2.24, 2.45) is 0 Å². The second-order valence-corrected chi connectivity index (χ2v) is 4.86. The van der Waals surface area contributed by atoms with Crippen LogP contribution in [0.15, 0.2) is 18.2 Å². The Kier molecular flexibility index (Phi) is 6.35. The second-order valence-electron chi connectivity index (χ2n) is 4.86. The lowest BCUT2D eigenvalue weighted by atomic mass is 9.96. The molecule has 5 heteroatoms. The quantitative estimate of drug-likeness (QED) is 0.493. The number of rotatable bonds is 8. The molecule has 1 unspecified atom stereocenters. The predicted molar refractivity (Wildman–Crippen MR) is 76.0 cm³/mol. The lowest BCUT2D eigenvalue weighted by Crippen LogP contribution is -2.39. The number of hydrogen-bond donors (Lipinski definition) is 3. The number of aliphatic carboxylic acids is 1. The van der Waals surface area contributed by atoms with E-state index in [-0.39, 0.29) is 18.8 Å². The Morgan fingerprint density at radius 1 is 1.30 bits per heavy atom. The van der Waals surface area contributed by atoms with Crippen LogP contribution in [0.2, 0.25) is 0 Å². The molecule has 1 aromatic carbocycles. The van der Waals surface area contributed by atoms with Crippen LogP contribution >= 0.6 is 0 Å². The van der Waals surface area contributed by atoms with Crippen LogP contribution in [0.1, 0.15) is 34.3 Å². The van der Waals surface area contributed by atoms with Crippen molar-refractivity contribution in [3.8, 4) is 0 Å². The SMILES string of the molecule is Cc1ccc(C(=O)C(CC(=O)O)NCCCO)c(C)c1. The van der Waals surface area contributed by atoms with Gasteiger partial charge in [-0.1, -0.05) is 23.8 Å². The maximum Gasteiger partial charge on any atom is 0.305 e. The fraction of sp³-hybridized carbons (Fsp3) is 0.467. The third-order valence-corrected chi connectivity index (χ3v) is 3.07. The third-order valence-electron chi connectivity index (χ3n) is 3.07. The minimum Gasteiger partial charge on any atom is -0.481 e. The van der Waals surface area contributed by atoms with Gasteiger partial charge in [-0.25, -0.2) is 0 Å². The molecular formula is C15H21NO4. The minimum absolute atomic E-state index is 0.00451. The first kappa shape index (κ1) is 16.3. The lowest BCUT2D eigenvalue weighted by molar-refractivity contribution is -0.137. The first-order valence-electron chi connectivity index (χ1n) is 6.63. The van der Waals surface area contributed by atoms with Crippen molar-refractivity contribution in [3.05, 3.63) is 34.9 Å². The van der Waals surface area contributed by atoms with E-state index >= 15 is 0 Å². The number of Topliss-reactive ketones (excluding diaryl/α,β-unsaturated/α-hetero) is 1. The summed E-state index contributed by atoms with van der Waals surface area (Å²) in [6.45, 7) is 4.19. The van der Waals surface area contributed by atoms with Gasteiger partial charge in [0.05, 0.1) is 12.5 Å². The number of aryl methyl sites for hydroxylation is 2. The van der Waals surface area contributed by atoms with Gasteiger partial charge in [0.2, 0.25) is 0 Å². The van der Waals surface area contributed by atoms with Gasteiger partial charge in [-0.2, -0.15) is 0 Å². The molecule has 5 nitrogen and oxygen atoms in total. The first-order chi connectivity index (χ1) is 9.45. The molecule has 110 valence electrons. The van der Waals surface area contributed by atoms with E-state index in [0.717, 1.165) is 11.1 Å². The van der Waals surface area contributed by atoms with Crippen LogP contribution in [-0.4, -0.2) is 41.2 Å². The molecule has 1 rings (SSSR count). The van der Waals surface area contributed by atoms with E-state index in [4.69, 9.17) is 10.2 Å². The first-order valence-corrected chi connectivity index (χ1v) is 6.63. The topological polar surface area (TPSA) is 86.6 Å². The molecule has 20 heavy (non-hydrogen) atoms. The van der Waals surface area contributed by atoms with Crippen LogP contribution in [0.5, 0.6) is 0 Å². The summed E-state index contributed by atoms with van der Waals surface area (Å²) < 4.78 is 0. The highest BCUT2D eigenvalue weighted by Crippen LogP contribution is 2.14. The average molecular weight is 279 g/mol. The van der Waals surface area contributed by atoms with Crippen molar-refractivity contribution in [2.75, 3.05) is 13.2 Å². The summed E-state index contributed by atoms with van der Waals surface area (Å²) in [4.78, 5) is 23.3. The Hall–Kier alpha value is -1.72. The number of nitrogens with one attached hydrogen (secondary N) is 1.